The van der Waals surface area contributed by atoms with Crippen LogP contribution >= 0.6 is 0 Å². The molecule has 1 N–H and O–H groups in total. The summed E-state index contributed by atoms with van der Waals surface area (Å²) in [6, 6.07) is 7.16. The predicted molar refractivity (Wildman–Crippen MR) is 112 cm³/mol. The highest BCUT2D eigenvalue weighted by molar-refractivity contribution is 6.02. The maximum atomic E-state index is 13.2. The molecular formula is C21H25N5O4. The summed E-state index contributed by atoms with van der Waals surface area (Å²) < 4.78 is 12.1. The van der Waals surface area contributed by atoms with Crippen LogP contribution in [-0.2, 0) is 14.3 Å². The molecule has 3 heterocycles. The molecule has 158 valence electrons. The molecule has 1 aliphatic rings. The van der Waals surface area contributed by atoms with E-state index in [4.69, 9.17) is 9.47 Å². The summed E-state index contributed by atoms with van der Waals surface area (Å²) in [4.78, 5) is 32.3. The van der Waals surface area contributed by atoms with Gasteiger partial charge in [0.1, 0.15) is 23.1 Å². The molecule has 1 amide bonds. The molecule has 1 aliphatic heterocycles. The summed E-state index contributed by atoms with van der Waals surface area (Å²) in [6.45, 7) is 5.57. The number of hydrogen-bond donors (Lipinski definition) is 1. The maximum absolute atomic E-state index is 13.2. The molecule has 0 aromatic carbocycles. The third-order valence-electron chi connectivity index (χ3n) is 4.71. The van der Waals surface area contributed by atoms with Gasteiger partial charge < -0.3 is 19.7 Å². The summed E-state index contributed by atoms with van der Waals surface area (Å²) in [5.74, 6) is -0.132. The van der Waals surface area contributed by atoms with E-state index >= 15 is 0 Å². The van der Waals surface area contributed by atoms with Crippen LogP contribution in [0.4, 0.5) is 5.82 Å². The number of nitrogens with one attached hydrogen (secondary N) is 1. The summed E-state index contributed by atoms with van der Waals surface area (Å²) in [7, 11) is 1.52. The second-order valence-corrected chi connectivity index (χ2v) is 7.16. The van der Waals surface area contributed by atoms with Gasteiger partial charge in [-0.15, -0.1) is 0 Å². The van der Waals surface area contributed by atoms with Gasteiger partial charge in [-0.2, -0.15) is 5.26 Å². The first-order valence-corrected chi connectivity index (χ1v) is 9.75. The minimum absolute atomic E-state index is 0.0469. The zero-order valence-electron chi connectivity index (χ0n) is 17.3. The van der Waals surface area contributed by atoms with E-state index < -0.39 is 5.91 Å². The number of aromatic nitrogens is 2. The van der Waals surface area contributed by atoms with Crippen LogP contribution in [0.2, 0.25) is 0 Å². The van der Waals surface area contributed by atoms with Gasteiger partial charge in [0.2, 0.25) is 0 Å². The number of methoxy groups -OCH3 is 1. The molecule has 0 radical (unpaired) electrons. The number of pyridine rings is 1. The van der Waals surface area contributed by atoms with Gasteiger partial charge in [0.25, 0.3) is 11.5 Å². The number of carbonyl (C=O) groups is 1. The molecule has 2 atom stereocenters. The molecule has 0 bridgehead atoms. The normalized spacial score (nSPS) is 19.5. The van der Waals surface area contributed by atoms with Crippen molar-refractivity contribution in [2.45, 2.75) is 26.1 Å². The number of anilines is 1. The number of morpholine rings is 1. The lowest BCUT2D eigenvalue weighted by atomic mass is 10.1. The molecular weight excluding hydrogens is 386 g/mol. The van der Waals surface area contributed by atoms with Gasteiger partial charge in [-0.05, 0) is 32.1 Å². The second kappa shape index (κ2) is 9.52. The molecule has 0 spiro atoms. The zero-order chi connectivity index (χ0) is 21.7. The topological polar surface area (TPSA) is 109 Å². The Hall–Kier alpha value is -3.22. The molecule has 0 aliphatic carbocycles. The summed E-state index contributed by atoms with van der Waals surface area (Å²) in [5.41, 5.74) is 0.166. The lowest BCUT2D eigenvalue weighted by Crippen LogP contribution is -2.46. The highest BCUT2D eigenvalue weighted by Crippen LogP contribution is 2.23. The van der Waals surface area contributed by atoms with Crippen LogP contribution in [0, 0.1) is 11.3 Å². The van der Waals surface area contributed by atoms with E-state index in [0.29, 0.717) is 31.2 Å². The lowest BCUT2D eigenvalue weighted by molar-refractivity contribution is -0.117. The summed E-state index contributed by atoms with van der Waals surface area (Å²) in [5, 5.41) is 12.1. The minimum Gasteiger partial charge on any atom is -0.383 e. The van der Waals surface area contributed by atoms with Gasteiger partial charge in [-0.25, -0.2) is 4.98 Å². The quantitative estimate of drug-likeness (QED) is 0.429. The van der Waals surface area contributed by atoms with Crippen molar-refractivity contribution in [1.29, 1.82) is 5.26 Å². The Kier molecular flexibility index (Phi) is 6.82. The molecule has 9 heteroatoms. The fraction of sp³-hybridized carbons (Fsp3) is 0.429. The fourth-order valence-electron chi connectivity index (χ4n) is 3.46. The van der Waals surface area contributed by atoms with Crippen LogP contribution in [0.3, 0.4) is 0 Å². The minimum atomic E-state index is -0.568. The van der Waals surface area contributed by atoms with Gasteiger partial charge in [-0.1, -0.05) is 6.07 Å². The van der Waals surface area contributed by atoms with E-state index in [1.165, 1.54) is 17.6 Å². The van der Waals surface area contributed by atoms with Gasteiger partial charge in [-0.3, -0.25) is 14.0 Å². The molecule has 1 saturated heterocycles. The van der Waals surface area contributed by atoms with Crippen molar-refractivity contribution in [2.24, 2.45) is 0 Å². The number of amides is 1. The van der Waals surface area contributed by atoms with E-state index in [0.717, 1.165) is 0 Å². The van der Waals surface area contributed by atoms with Crippen molar-refractivity contribution in [3.05, 3.63) is 45.9 Å². The average molecular weight is 411 g/mol. The van der Waals surface area contributed by atoms with Gasteiger partial charge >= 0.3 is 0 Å². The first kappa shape index (κ1) is 21.5. The number of fused-ring (bicyclic) bond motifs is 1. The molecule has 2 aromatic heterocycles. The molecule has 3 rings (SSSR count). The lowest BCUT2D eigenvalue weighted by Gasteiger charge is -2.36. The number of ether oxygens (including phenoxy) is 2. The van der Waals surface area contributed by atoms with Crippen molar-refractivity contribution in [3.8, 4) is 6.07 Å². The van der Waals surface area contributed by atoms with Crippen LogP contribution in [0.5, 0.6) is 0 Å². The van der Waals surface area contributed by atoms with Crippen molar-refractivity contribution in [1.82, 2.24) is 14.7 Å². The maximum Gasteiger partial charge on any atom is 0.267 e. The molecule has 30 heavy (non-hydrogen) atoms. The van der Waals surface area contributed by atoms with Crippen LogP contribution in [0.1, 0.15) is 19.4 Å². The van der Waals surface area contributed by atoms with Crippen molar-refractivity contribution < 1.29 is 14.3 Å². The Morgan fingerprint density at radius 1 is 1.40 bits per heavy atom. The molecule has 0 unspecified atom stereocenters. The summed E-state index contributed by atoms with van der Waals surface area (Å²) in [6.07, 6.45) is 2.83. The number of rotatable bonds is 6. The molecule has 2 aromatic rings. The van der Waals surface area contributed by atoms with Crippen molar-refractivity contribution in [3.63, 3.8) is 0 Å². The predicted octanol–water partition coefficient (Wildman–Crippen LogP) is 0.978. The standard InChI is InChI=1S/C21H25N5O4/c1-14-12-25(13-15(2)30-14)19-17(10-16(11-22)20(27)23-7-9-29-3)21(28)26-8-5-4-6-18(26)24-19/h4-6,8,10,14-15H,7,9,12-13H2,1-3H3,(H,23,27)/b16-10+/t14-,15-/m0/s1. The molecule has 0 saturated carbocycles. The fourth-order valence-corrected chi connectivity index (χ4v) is 3.46. The third kappa shape index (κ3) is 4.67. The number of nitrogens with zero attached hydrogens (tertiary/aromatic N) is 4. The second-order valence-electron chi connectivity index (χ2n) is 7.16. The number of carbonyl (C=O) groups excluding carboxylic acids is 1. The Balaban J connectivity index is 2.11. The Morgan fingerprint density at radius 2 is 2.13 bits per heavy atom. The van der Waals surface area contributed by atoms with E-state index in [1.54, 1.807) is 24.4 Å². The van der Waals surface area contributed by atoms with E-state index in [1.807, 2.05) is 24.8 Å². The van der Waals surface area contributed by atoms with Gasteiger partial charge in [0.05, 0.1) is 24.4 Å². The largest absolute Gasteiger partial charge is 0.383 e. The van der Waals surface area contributed by atoms with Crippen LogP contribution in [0.25, 0.3) is 11.7 Å². The van der Waals surface area contributed by atoms with E-state index in [-0.39, 0.29) is 35.4 Å². The zero-order valence-corrected chi connectivity index (χ0v) is 17.3. The average Bonchev–Trinajstić information content (AvgIpc) is 2.72. The Bertz CT molecular complexity index is 1050. The Labute approximate surface area is 174 Å². The smallest absolute Gasteiger partial charge is 0.267 e. The van der Waals surface area contributed by atoms with Crippen molar-refractivity contribution in [2.75, 3.05) is 38.3 Å². The highest BCUT2D eigenvalue weighted by atomic mass is 16.5. The van der Waals surface area contributed by atoms with Crippen LogP contribution < -0.4 is 15.8 Å². The SMILES string of the molecule is COCCNC(=O)/C(C#N)=C/c1c(N2C[C@H](C)O[C@@H](C)C2)nc2ccccn2c1=O. The molecule has 1 fully saturated rings. The van der Waals surface area contributed by atoms with Gasteiger partial charge in [0, 0.05) is 32.9 Å². The summed E-state index contributed by atoms with van der Waals surface area (Å²) >= 11 is 0. The number of nitriles is 1. The van der Waals surface area contributed by atoms with Crippen molar-refractivity contribution >= 4 is 23.4 Å². The number of hydrogen-bond acceptors (Lipinski definition) is 7. The van der Waals surface area contributed by atoms with Crippen LogP contribution in [0.15, 0.2) is 34.8 Å². The molecule has 9 nitrogen and oxygen atoms in total. The van der Waals surface area contributed by atoms with Crippen LogP contribution in [-0.4, -0.2) is 60.9 Å². The first-order chi connectivity index (χ1) is 14.4. The first-order valence-electron chi connectivity index (χ1n) is 9.75. The van der Waals surface area contributed by atoms with E-state index in [2.05, 4.69) is 10.3 Å². The highest BCUT2D eigenvalue weighted by Gasteiger charge is 2.27. The third-order valence-corrected chi connectivity index (χ3v) is 4.71. The van der Waals surface area contributed by atoms with E-state index in [9.17, 15) is 14.9 Å². The van der Waals surface area contributed by atoms with Gasteiger partial charge in [0.15, 0.2) is 0 Å². The monoisotopic (exact) mass is 411 g/mol. The Morgan fingerprint density at radius 3 is 2.80 bits per heavy atom.